The van der Waals surface area contributed by atoms with Crippen molar-refractivity contribution >= 4 is 12.1 Å². The van der Waals surface area contributed by atoms with E-state index in [1.165, 1.54) is 6.08 Å². The molecule has 1 atom stereocenters. The number of halogens is 2. The second-order valence-corrected chi connectivity index (χ2v) is 5.94. The van der Waals surface area contributed by atoms with Crippen LogP contribution in [0.2, 0.25) is 0 Å². The van der Waals surface area contributed by atoms with Crippen molar-refractivity contribution in [2.75, 3.05) is 7.11 Å². The van der Waals surface area contributed by atoms with E-state index in [1.807, 2.05) is 0 Å². The molecule has 0 aromatic heterocycles. The zero-order valence-corrected chi connectivity index (χ0v) is 13.6. The summed E-state index contributed by atoms with van der Waals surface area (Å²) in [6.45, 7) is 8.36. The lowest BCUT2D eigenvalue weighted by atomic mass is 10.0. The Kier molecular flexibility index (Phi) is 8.05. The maximum absolute atomic E-state index is 13.6. The molecule has 0 saturated carbocycles. The number of rotatable bonds is 8. The molecule has 0 spiro atoms. The van der Waals surface area contributed by atoms with Gasteiger partial charge >= 0.3 is 12.1 Å². The highest BCUT2D eigenvalue weighted by atomic mass is 19.3. The van der Waals surface area contributed by atoms with Crippen molar-refractivity contribution in [2.45, 2.75) is 64.0 Å². The van der Waals surface area contributed by atoms with E-state index < -0.39 is 36.0 Å². The Morgan fingerprint density at radius 2 is 1.86 bits per heavy atom. The molecule has 0 aliphatic rings. The lowest BCUT2D eigenvalue weighted by Crippen LogP contribution is -2.44. The molecule has 1 unspecified atom stereocenters. The Morgan fingerprint density at radius 3 is 2.32 bits per heavy atom. The van der Waals surface area contributed by atoms with Crippen molar-refractivity contribution in [2.24, 2.45) is 0 Å². The van der Waals surface area contributed by atoms with E-state index in [0.717, 1.165) is 7.11 Å². The molecule has 0 aliphatic carbocycles. The van der Waals surface area contributed by atoms with Crippen molar-refractivity contribution in [3.8, 4) is 0 Å². The topological polar surface area (TPSA) is 64.6 Å². The van der Waals surface area contributed by atoms with Gasteiger partial charge in [0.1, 0.15) is 11.6 Å². The number of allylic oxidation sites excluding steroid dienone is 1. The maximum Gasteiger partial charge on any atom is 0.408 e. The van der Waals surface area contributed by atoms with Gasteiger partial charge in [0.15, 0.2) is 0 Å². The molecule has 0 radical (unpaired) electrons. The molecule has 0 aromatic carbocycles. The highest BCUT2D eigenvalue weighted by molar-refractivity contribution is 5.81. The minimum Gasteiger partial charge on any atom is -0.467 e. The van der Waals surface area contributed by atoms with Gasteiger partial charge < -0.3 is 14.8 Å². The van der Waals surface area contributed by atoms with Crippen LogP contribution in [0.1, 0.15) is 46.5 Å². The predicted molar refractivity (Wildman–Crippen MR) is 78.8 cm³/mol. The Hall–Kier alpha value is -1.66. The average Bonchev–Trinajstić information content (AvgIpc) is 2.38. The molecule has 0 fully saturated rings. The van der Waals surface area contributed by atoms with E-state index in [4.69, 9.17) is 4.74 Å². The first-order valence-corrected chi connectivity index (χ1v) is 7.07. The SMILES string of the molecule is C=CCCC(F)(F)CCC(NC(=O)OC(C)(C)C)C(=O)OC. The molecule has 0 bridgehead atoms. The molecule has 0 rings (SSSR count). The molecule has 128 valence electrons. The van der Waals surface area contributed by atoms with Gasteiger partial charge in [-0.05, 0) is 33.6 Å². The number of carbonyl (C=O) groups excluding carboxylic acids is 2. The van der Waals surface area contributed by atoms with Crippen LogP contribution in [0.4, 0.5) is 13.6 Å². The van der Waals surface area contributed by atoms with Crippen LogP contribution in [0.15, 0.2) is 12.7 Å². The summed E-state index contributed by atoms with van der Waals surface area (Å²) in [6.07, 6.45) is -0.402. The molecule has 22 heavy (non-hydrogen) atoms. The first kappa shape index (κ1) is 20.3. The largest absolute Gasteiger partial charge is 0.467 e. The summed E-state index contributed by atoms with van der Waals surface area (Å²) in [7, 11) is 1.13. The third-order valence-electron chi connectivity index (χ3n) is 2.69. The summed E-state index contributed by atoms with van der Waals surface area (Å²) in [5.41, 5.74) is -0.751. The minimum absolute atomic E-state index is 0.176. The van der Waals surface area contributed by atoms with E-state index in [1.54, 1.807) is 20.8 Å². The van der Waals surface area contributed by atoms with Gasteiger partial charge in [0.05, 0.1) is 7.11 Å². The lowest BCUT2D eigenvalue weighted by molar-refractivity contribution is -0.143. The normalized spacial score (nSPS) is 13.2. The second-order valence-electron chi connectivity index (χ2n) is 5.94. The van der Waals surface area contributed by atoms with E-state index in [0.29, 0.717) is 0 Å². The molecule has 0 aliphatic heterocycles. The first-order chi connectivity index (χ1) is 10.0. The zero-order chi connectivity index (χ0) is 17.4. The van der Waals surface area contributed by atoms with Gasteiger partial charge in [-0.3, -0.25) is 0 Å². The van der Waals surface area contributed by atoms with E-state index in [-0.39, 0.29) is 19.3 Å². The van der Waals surface area contributed by atoms with Crippen LogP contribution in [-0.4, -0.2) is 36.7 Å². The van der Waals surface area contributed by atoms with Crippen molar-refractivity contribution in [3.05, 3.63) is 12.7 Å². The van der Waals surface area contributed by atoms with Crippen LogP contribution in [0.5, 0.6) is 0 Å². The van der Waals surface area contributed by atoms with Gasteiger partial charge in [0.25, 0.3) is 0 Å². The molecule has 0 aromatic rings. The third kappa shape index (κ3) is 9.31. The number of carbonyl (C=O) groups is 2. The number of amides is 1. The standard InChI is InChI=1S/C15H25F2NO4/c1-6-7-9-15(16,17)10-8-11(12(19)21-5)18-13(20)22-14(2,3)4/h6,11H,1,7-10H2,2-5H3,(H,18,20). The van der Waals surface area contributed by atoms with Gasteiger partial charge in [0.2, 0.25) is 5.92 Å². The van der Waals surface area contributed by atoms with Gasteiger partial charge in [0, 0.05) is 12.8 Å². The van der Waals surface area contributed by atoms with Crippen molar-refractivity contribution in [1.82, 2.24) is 5.32 Å². The number of esters is 1. The first-order valence-electron chi connectivity index (χ1n) is 7.07. The highest BCUT2D eigenvalue weighted by Gasteiger charge is 2.32. The fraction of sp³-hybridized carbons (Fsp3) is 0.733. The van der Waals surface area contributed by atoms with E-state index >= 15 is 0 Å². The van der Waals surface area contributed by atoms with Gasteiger partial charge in [-0.2, -0.15) is 0 Å². The van der Waals surface area contributed by atoms with Gasteiger partial charge in [-0.15, -0.1) is 6.58 Å². The summed E-state index contributed by atoms with van der Waals surface area (Å²) in [4.78, 5) is 23.2. The molecule has 1 amide bonds. The zero-order valence-electron chi connectivity index (χ0n) is 13.6. The Labute approximate surface area is 130 Å². The van der Waals surface area contributed by atoms with Gasteiger partial charge in [-0.1, -0.05) is 6.08 Å². The molecule has 0 saturated heterocycles. The fourth-order valence-electron chi connectivity index (χ4n) is 1.63. The quantitative estimate of drug-likeness (QED) is 0.549. The van der Waals surface area contributed by atoms with Crippen molar-refractivity contribution in [1.29, 1.82) is 0 Å². The van der Waals surface area contributed by atoms with Crippen molar-refractivity contribution < 1.29 is 27.8 Å². The van der Waals surface area contributed by atoms with Crippen LogP contribution in [0.3, 0.4) is 0 Å². The van der Waals surface area contributed by atoms with E-state index in [2.05, 4.69) is 16.6 Å². The Bertz CT molecular complexity index is 391. The summed E-state index contributed by atoms with van der Waals surface area (Å²) in [5, 5.41) is 2.26. The summed E-state index contributed by atoms with van der Waals surface area (Å²) >= 11 is 0. The molecular weight excluding hydrogens is 296 g/mol. The number of alkyl halides is 2. The smallest absolute Gasteiger partial charge is 0.408 e. The summed E-state index contributed by atoms with van der Waals surface area (Å²) in [5.74, 6) is -3.72. The van der Waals surface area contributed by atoms with Gasteiger partial charge in [-0.25, -0.2) is 18.4 Å². The van der Waals surface area contributed by atoms with E-state index in [9.17, 15) is 18.4 Å². The molecular formula is C15H25F2NO4. The van der Waals surface area contributed by atoms with Crippen LogP contribution in [0, 0.1) is 0 Å². The van der Waals surface area contributed by atoms with Crippen LogP contribution in [-0.2, 0) is 14.3 Å². The highest BCUT2D eigenvalue weighted by Crippen LogP contribution is 2.27. The molecule has 7 heteroatoms. The molecule has 5 nitrogen and oxygen atoms in total. The fourth-order valence-corrected chi connectivity index (χ4v) is 1.63. The predicted octanol–water partition coefficient (Wildman–Crippen LogP) is 3.43. The van der Waals surface area contributed by atoms with Crippen molar-refractivity contribution in [3.63, 3.8) is 0 Å². The Morgan fingerprint density at radius 1 is 1.27 bits per heavy atom. The number of hydrogen-bond acceptors (Lipinski definition) is 4. The summed E-state index contributed by atoms with van der Waals surface area (Å²) < 4.78 is 36.7. The van der Waals surface area contributed by atoms with Crippen LogP contribution < -0.4 is 5.32 Å². The van der Waals surface area contributed by atoms with Crippen LogP contribution in [0.25, 0.3) is 0 Å². The summed E-state index contributed by atoms with van der Waals surface area (Å²) in [6, 6.07) is -1.17. The average molecular weight is 321 g/mol. The maximum atomic E-state index is 13.6. The Balaban J connectivity index is 4.63. The number of methoxy groups -OCH3 is 1. The number of alkyl carbamates (subject to hydrolysis) is 1. The lowest BCUT2D eigenvalue weighted by Gasteiger charge is -2.23. The molecule has 1 N–H and O–H groups in total. The number of ether oxygens (including phenoxy) is 2. The number of nitrogens with one attached hydrogen (secondary N) is 1. The second kappa shape index (κ2) is 8.70. The van der Waals surface area contributed by atoms with Crippen LogP contribution >= 0.6 is 0 Å². The minimum atomic E-state index is -2.93. The third-order valence-corrected chi connectivity index (χ3v) is 2.69. The molecule has 0 heterocycles. The number of hydrogen-bond donors (Lipinski definition) is 1. The monoisotopic (exact) mass is 321 g/mol.